The first-order chi connectivity index (χ1) is 5.86. The van der Waals surface area contributed by atoms with Gasteiger partial charge in [-0.05, 0) is 12.1 Å². The van der Waals surface area contributed by atoms with Crippen LogP contribution in [0.4, 0.5) is 5.69 Å². The van der Waals surface area contributed by atoms with Crippen LogP contribution < -0.4 is 5.73 Å². The molecule has 2 N–H and O–H groups in total. The molecular weight excluding hydrogens is 154 g/mol. The van der Waals surface area contributed by atoms with Gasteiger partial charge in [0.1, 0.15) is 0 Å². The van der Waals surface area contributed by atoms with E-state index in [9.17, 15) is 0 Å². The molecule has 0 aliphatic carbocycles. The summed E-state index contributed by atoms with van der Waals surface area (Å²) in [6.07, 6.45) is 4.90. The van der Waals surface area contributed by atoms with Crippen molar-refractivity contribution in [3.63, 3.8) is 0 Å². The Labute approximate surface area is 68.8 Å². The van der Waals surface area contributed by atoms with Gasteiger partial charge in [-0.1, -0.05) is 5.21 Å². The van der Waals surface area contributed by atoms with Gasteiger partial charge in [-0.25, -0.2) is 9.67 Å². The number of hydrogen-bond donors (Lipinski definition) is 1. The fourth-order valence-electron chi connectivity index (χ4n) is 0.863. The number of aromatic nitrogens is 4. The maximum Gasteiger partial charge on any atom is 0.155 e. The Morgan fingerprint density at radius 1 is 1.33 bits per heavy atom. The van der Waals surface area contributed by atoms with Crippen LogP contribution in [0.3, 0.4) is 0 Å². The van der Waals surface area contributed by atoms with E-state index in [1.165, 1.54) is 0 Å². The lowest BCUT2D eigenvalue weighted by molar-refractivity contribution is 0.782. The van der Waals surface area contributed by atoms with Crippen molar-refractivity contribution in [1.82, 2.24) is 20.0 Å². The van der Waals surface area contributed by atoms with Gasteiger partial charge in [-0.3, -0.25) is 0 Å². The summed E-state index contributed by atoms with van der Waals surface area (Å²) in [7, 11) is 0. The van der Waals surface area contributed by atoms with E-state index in [0.29, 0.717) is 11.5 Å². The van der Waals surface area contributed by atoms with E-state index in [1.807, 2.05) is 0 Å². The van der Waals surface area contributed by atoms with E-state index in [-0.39, 0.29) is 0 Å². The molecule has 2 aromatic rings. The standard InChI is InChI=1S/C7H7N5/c8-6-1-2-7(9-5-6)12-4-3-10-11-12/h1-5H,8H2. The van der Waals surface area contributed by atoms with E-state index in [0.717, 1.165) is 0 Å². The van der Waals surface area contributed by atoms with Crippen molar-refractivity contribution < 1.29 is 0 Å². The van der Waals surface area contributed by atoms with Crippen LogP contribution in [-0.4, -0.2) is 20.0 Å². The second-order valence-corrected chi connectivity index (χ2v) is 2.30. The average Bonchev–Trinajstić information content (AvgIpc) is 2.58. The zero-order valence-electron chi connectivity index (χ0n) is 6.25. The second kappa shape index (κ2) is 2.61. The minimum atomic E-state index is 0.638. The molecule has 5 heteroatoms. The topological polar surface area (TPSA) is 69.6 Å². The molecule has 2 aromatic heterocycles. The Hall–Kier alpha value is -1.91. The Bertz CT molecular complexity index is 350. The van der Waals surface area contributed by atoms with Crippen molar-refractivity contribution in [3.05, 3.63) is 30.7 Å². The number of nitrogens with two attached hydrogens (primary N) is 1. The first-order valence-electron chi connectivity index (χ1n) is 3.44. The van der Waals surface area contributed by atoms with Crippen molar-refractivity contribution in [1.29, 1.82) is 0 Å². The molecule has 2 rings (SSSR count). The van der Waals surface area contributed by atoms with Gasteiger partial charge in [0.15, 0.2) is 5.82 Å². The van der Waals surface area contributed by atoms with Gasteiger partial charge in [0.2, 0.25) is 0 Å². The maximum absolute atomic E-state index is 5.47. The zero-order chi connectivity index (χ0) is 8.39. The van der Waals surface area contributed by atoms with E-state index in [2.05, 4.69) is 15.3 Å². The highest BCUT2D eigenvalue weighted by Crippen LogP contribution is 2.03. The Morgan fingerprint density at radius 2 is 2.25 bits per heavy atom. The van der Waals surface area contributed by atoms with Crippen molar-refractivity contribution >= 4 is 5.69 Å². The molecule has 60 valence electrons. The van der Waals surface area contributed by atoms with Gasteiger partial charge in [-0.15, -0.1) is 5.10 Å². The van der Waals surface area contributed by atoms with Crippen LogP contribution >= 0.6 is 0 Å². The van der Waals surface area contributed by atoms with Crippen LogP contribution in [0.15, 0.2) is 30.7 Å². The fraction of sp³-hybridized carbons (Fsp3) is 0. The van der Waals surface area contributed by atoms with Gasteiger partial charge in [-0.2, -0.15) is 0 Å². The number of pyridine rings is 1. The smallest absolute Gasteiger partial charge is 0.155 e. The summed E-state index contributed by atoms with van der Waals surface area (Å²) in [4.78, 5) is 4.06. The highest BCUT2D eigenvalue weighted by Gasteiger charge is 1.95. The first kappa shape index (κ1) is 6.78. The fourth-order valence-corrected chi connectivity index (χ4v) is 0.863. The number of nitrogens with zero attached hydrogens (tertiary/aromatic N) is 4. The Balaban J connectivity index is 2.43. The summed E-state index contributed by atoms with van der Waals surface area (Å²) in [6, 6.07) is 3.55. The normalized spacial score (nSPS) is 10.0. The number of anilines is 1. The Kier molecular flexibility index (Phi) is 1.48. The summed E-state index contributed by atoms with van der Waals surface area (Å²) in [5.74, 6) is 0.710. The summed E-state index contributed by atoms with van der Waals surface area (Å²) < 4.78 is 1.57. The summed E-state index contributed by atoms with van der Waals surface area (Å²) in [5.41, 5.74) is 6.11. The van der Waals surface area contributed by atoms with E-state index >= 15 is 0 Å². The van der Waals surface area contributed by atoms with Crippen LogP contribution in [0, 0.1) is 0 Å². The van der Waals surface area contributed by atoms with Gasteiger partial charge in [0.25, 0.3) is 0 Å². The SMILES string of the molecule is Nc1ccc(-n2ccnn2)nc1. The number of hydrogen-bond acceptors (Lipinski definition) is 4. The van der Waals surface area contributed by atoms with Gasteiger partial charge in [0.05, 0.1) is 24.3 Å². The van der Waals surface area contributed by atoms with Crippen LogP contribution in [-0.2, 0) is 0 Å². The van der Waals surface area contributed by atoms with E-state index in [1.54, 1.807) is 35.4 Å². The largest absolute Gasteiger partial charge is 0.397 e. The Morgan fingerprint density at radius 3 is 2.83 bits per heavy atom. The molecule has 2 heterocycles. The molecule has 0 spiro atoms. The van der Waals surface area contributed by atoms with Crippen LogP contribution in [0.25, 0.3) is 5.82 Å². The lowest BCUT2D eigenvalue weighted by Gasteiger charge is -1.97. The van der Waals surface area contributed by atoms with E-state index < -0.39 is 0 Å². The number of rotatable bonds is 1. The average molecular weight is 161 g/mol. The third kappa shape index (κ3) is 1.12. The van der Waals surface area contributed by atoms with Crippen molar-refractivity contribution in [3.8, 4) is 5.82 Å². The predicted molar refractivity (Wildman–Crippen MR) is 43.6 cm³/mol. The summed E-state index contributed by atoms with van der Waals surface area (Å²) in [5, 5.41) is 7.44. The molecule has 0 saturated heterocycles. The minimum Gasteiger partial charge on any atom is -0.397 e. The minimum absolute atomic E-state index is 0.638. The third-order valence-corrected chi connectivity index (χ3v) is 1.43. The molecule has 0 amide bonds. The summed E-state index contributed by atoms with van der Waals surface area (Å²) in [6.45, 7) is 0. The molecule has 0 aromatic carbocycles. The quantitative estimate of drug-likeness (QED) is 0.650. The summed E-state index contributed by atoms with van der Waals surface area (Å²) >= 11 is 0. The van der Waals surface area contributed by atoms with Gasteiger partial charge >= 0.3 is 0 Å². The highest BCUT2D eigenvalue weighted by molar-refractivity contribution is 5.37. The van der Waals surface area contributed by atoms with Gasteiger partial charge < -0.3 is 5.73 Å². The number of nitrogen functional groups attached to an aromatic ring is 1. The van der Waals surface area contributed by atoms with E-state index in [4.69, 9.17) is 5.73 Å². The molecule has 0 unspecified atom stereocenters. The maximum atomic E-state index is 5.47. The third-order valence-electron chi connectivity index (χ3n) is 1.43. The van der Waals surface area contributed by atoms with Crippen molar-refractivity contribution in [2.24, 2.45) is 0 Å². The van der Waals surface area contributed by atoms with Crippen LogP contribution in [0.2, 0.25) is 0 Å². The zero-order valence-corrected chi connectivity index (χ0v) is 6.25. The van der Waals surface area contributed by atoms with Crippen molar-refractivity contribution in [2.45, 2.75) is 0 Å². The monoisotopic (exact) mass is 161 g/mol. The molecule has 0 radical (unpaired) electrons. The molecular formula is C7H7N5. The molecule has 0 aliphatic heterocycles. The van der Waals surface area contributed by atoms with Crippen LogP contribution in [0.1, 0.15) is 0 Å². The lowest BCUT2D eigenvalue weighted by atomic mass is 10.4. The van der Waals surface area contributed by atoms with Crippen molar-refractivity contribution in [2.75, 3.05) is 5.73 Å². The molecule has 12 heavy (non-hydrogen) atoms. The molecule has 5 nitrogen and oxygen atoms in total. The lowest BCUT2D eigenvalue weighted by Crippen LogP contribution is -1.98. The predicted octanol–water partition coefficient (Wildman–Crippen LogP) is 0.244. The highest BCUT2D eigenvalue weighted by atomic mass is 15.4. The second-order valence-electron chi connectivity index (χ2n) is 2.30. The molecule has 0 atom stereocenters. The molecule has 0 aliphatic rings. The first-order valence-corrected chi connectivity index (χ1v) is 3.44. The molecule has 0 fully saturated rings. The molecule has 0 saturated carbocycles. The van der Waals surface area contributed by atoms with Crippen LogP contribution in [0.5, 0.6) is 0 Å². The van der Waals surface area contributed by atoms with Gasteiger partial charge in [0, 0.05) is 0 Å². The molecule has 0 bridgehead atoms.